The fraction of sp³-hybridized carbons (Fsp3) is 0.765. The third-order valence-corrected chi connectivity index (χ3v) is 3.80. The molecule has 19 heavy (non-hydrogen) atoms. The highest BCUT2D eigenvalue weighted by molar-refractivity contribution is 5.09. The van der Waals surface area contributed by atoms with Crippen molar-refractivity contribution in [3.05, 3.63) is 23.7 Å². The first-order valence-corrected chi connectivity index (χ1v) is 8.01. The minimum atomic E-state index is 0.383. The summed E-state index contributed by atoms with van der Waals surface area (Å²) in [6, 6.07) is 4.53. The van der Waals surface area contributed by atoms with Gasteiger partial charge in [-0.2, -0.15) is 0 Å². The molecule has 0 aliphatic rings. The molecular weight excluding hydrogens is 234 g/mol. The van der Waals surface area contributed by atoms with Crippen molar-refractivity contribution in [1.82, 2.24) is 5.32 Å². The SMILES string of the molecule is CCCCCCCCCCC(NC)c1ccc(C)o1. The second kappa shape index (κ2) is 10.1. The maximum atomic E-state index is 5.70. The number of unbranched alkanes of at least 4 members (excludes halogenated alkanes) is 7. The zero-order chi connectivity index (χ0) is 13.9. The molecule has 0 saturated heterocycles. The first-order chi connectivity index (χ1) is 9.27. The van der Waals surface area contributed by atoms with E-state index in [0.717, 1.165) is 11.5 Å². The van der Waals surface area contributed by atoms with Gasteiger partial charge in [0.05, 0.1) is 6.04 Å². The van der Waals surface area contributed by atoms with E-state index in [2.05, 4.69) is 18.3 Å². The van der Waals surface area contributed by atoms with Gasteiger partial charge in [-0.15, -0.1) is 0 Å². The lowest BCUT2D eigenvalue weighted by atomic mass is 10.0. The van der Waals surface area contributed by atoms with E-state index in [1.165, 1.54) is 57.8 Å². The van der Waals surface area contributed by atoms with Gasteiger partial charge in [0.2, 0.25) is 0 Å². The molecule has 0 aromatic carbocycles. The Morgan fingerprint density at radius 1 is 1.00 bits per heavy atom. The van der Waals surface area contributed by atoms with Crippen LogP contribution in [0.1, 0.15) is 82.3 Å². The standard InChI is InChI=1S/C17H31NO/c1-4-5-6-7-8-9-10-11-12-16(18-3)17-14-13-15(2)19-17/h13-14,16,18H,4-12H2,1-3H3. The van der Waals surface area contributed by atoms with E-state index < -0.39 is 0 Å². The number of aryl methyl sites for hydroxylation is 1. The Labute approximate surface area is 119 Å². The Morgan fingerprint density at radius 2 is 1.63 bits per heavy atom. The molecule has 0 aliphatic carbocycles. The van der Waals surface area contributed by atoms with Gasteiger partial charge in [-0.05, 0) is 32.5 Å². The van der Waals surface area contributed by atoms with Crippen LogP contribution in [0.15, 0.2) is 16.5 Å². The van der Waals surface area contributed by atoms with Crippen LogP contribution in [0.4, 0.5) is 0 Å². The zero-order valence-electron chi connectivity index (χ0n) is 13.0. The monoisotopic (exact) mass is 265 g/mol. The maximum absolute atomic E-state index is 5.70. The quantitative estimate of drug-likeness (QED) is 0.543. The van der Waals surface area contributed by atoms with Crippen molar-refractivity contribution in [1.29, 1.82) is 0 Å². The van der Waals surface area contributed by atoms with Crippen molar-refractivity contribution in [2.45, 2.75) is 77.7 Å². The van der Waals surface area contributed by atoms with Gasteiger partial charge < -0.3 is 9.73 Å². The van der Waals surface area contributed by atoms with Crippen molar-refractivity contribution < 1.29 is 4.42 Å². The van der Waals surface area contributed by atoms with Crippen molar-refractivity contribution in [2.75, 3.05) is 7.05 Å². The van der Waals surface area contributed by atoms with E-state index in [-0.39, 0.29) is 0 Å². The van der Waals surface area contributed by atoms with Crippen molar-refractivity contribution in [2.24, 2.45) is 0 Å². The Balaban J connectivity index is 2.07. The predicted octanol–water partition coefficient (Wildman–Crippen LogP) is 5.38. The second-order valence-electron chi connectivity index (χ2n) is 5.55. The fourth-order valence-corrected chi connectivity index (χ4v) is 2.55. The van der Waals surface area contributed by atoms with Crippen LogP contribution in [0.25, 0.3) is 0 Å². The van der Waals surface area contributed by atoms with E-state index in [4.69, 9.17) is 4.42 Å². The maximum Gasteiger partial charge on any atom is 0.121 e. The summed E-state index contributed by atoms with van der Waals surface area (Å²) < 4.78 is 5.70. The molecule has 1 rings (SSSR count). The van der Waals surface area contributed by atoms with Gasteiger partial charge in [0, 0.05) is 0 Å². The van der Waals surface area contributed by atoms with Crippen molar-refractivity contribution in [3.8, 4) is 0 Å². The average Bonchev–Trinajstić information content (AvgIpc) is 2.83. The molecule has 2 heteroatoms. The van der Waals surface area contributed by atoms with Gasteiger partial charge in [0.15, 0.2) is 0 Å². The molecule has 0 aliphatic heterocycles. The molecule has 0 radical (unpaired) electrons. The molecule has 0 spiro atoms. The summed E-state index contributed by atoms with van der Waals surface area (Å²) in [5.41, 5.74) is 0. The minimum absolute atomic E-state index is 0.383. The summed E-state index contributed by atoms with van der Waals surface area (Å²) in [6.45, 7) is 4.28. The summed E-state index contributed by atoms with van der Waals surface area (Å²) in [7, 11) is 2.02. The van der Waals surface area contributed by atoms with Crippen LogP contribution < -0.4 is 5.32 Å². The zero-order valence-corrected chi connectivity index (χ0v) is 13.0. The van der Waals surface area contributed by atoms with Crippen molar-refractivity contribution in [3.63, 3.8) is 0 Å². The topological polar surface area (TPSA) is 25.2 Å². The number of hydrogen-bond acceptors (Lipinski definition) is 2. The lowest BCUT2D eigenvalue weighted by Crippen LogP contribution is -2.15. The summed E-state index contributed by atoms with van der Waals surface area (Å²) in [5.74, 6) is 2.09. The summed E-state index contributed by atoms with van der Waals surface area (Å²) in [4.78, 5) is 0. The van der Waals surface area contributed by atoms with Crippen LogP contribution >= 0.6 is 0 Å². The molecule has 0 saturated carbocycles. The highest BCUT2D eigenvalue weighted by atomic mass is 16.3. The Hall–Kier alpha value is -0.760. The van der Waals surface area contributed by atoms with Gasteiger partial charge in [-0.1, -0.05) is 58.3 Å². The molecule has 0 bridgehead atoms. The molecule has 1 heterocycles. The summed E-state index contributed by atoms with van der Waals surface area (Å²) >= 11 is 0. The van der Waals surface area contributed by atoms with Gasteiger partial charge in [0.1, 0.15) is 11.5 Å². The van der Waals surface area contributed by atoms with Crippen molar-refractivity contribution >= 4 is 0 Å². The molecule has 0 fully saturated rings. The van der Waals surface area contributed by atoms with Gasteiger partial charge in [-0.3, -0.25) is 0 Å². The van der Waals surface area contributed by atoms with Crippen LogP contribution in [0.2, 0.25) is 0 Å². The molecule has 1 aromatic heterocycles. The predicted molar refractivity (Wildman–Crippen MR) is 82.5 cm³/mol. The van der Waals surface area contributed by atoms with E-state index in [1.807, 2.05) is 20.0 Å². The Kier molecular flexibility index (Phi) is 8.64. The highest BCUT2D eigenvalue weighted by Gasteiger charge is 2.12. The number of rotatable bonds is 11. The van der Waals surface area contributed by atoms with E-state index in [9.17, 15) is 0 Å². The lowest BCUT2D eigenvalue weighted by Gasteiger charge is -2.13. The molecule has 110 valence electrons. The first kappa shape index (κ1) is 16.3. The van der Waals surface area contributed by atoms with Gasteiger partial charge >= 0.3 is 0 Å². The average molecular weight is 265 g/mol. The van der Waals surface area contributed by atoms with Gasteiger partial charge in [0.25, 0.3) is 0 Å². The van der Waals surface area contributed by atoms with Gasteiger partial charge in [-0.25, -0.2) is 0 Å². The molecule has 2 nitrogen and oxygen atoms in total. The third-order valence-electron chi connectivity index (χ3n) is 3.80. The smallest absolute Gasteiger partial charge is 0.121 e. The summed E-state index contributed by atoms with van der Waals surface area (Å²) in [5, 5.41) is 3.36. The number of hydrogen-bond donors (Lipinski definition) is 1. The Bertz CT molecular complexity index is 319. The van der Waals surface area contributed by atoms with E-state index >= 15 is 0 Å². The first-order valence-electron chi connectivity index (χ1n) is 8.01. The van der Waals surface area contributed by atoms with Crippen LogP contribution in [-0.4, -0.2) is 7.05 Å². The normalized spacial score (nSPS) is 12.8. The molecule has 1 aromatic rings. The molecular formula is C17H31NO. The third kappa shape index (κ3) is 6.81. The molecule has 1 N–H and O–H groups in total. The molecule has 1 atom stereocenters. The molecule has 1 unspecified atom stereocenters. The summed E-state index contributed by atoms with van der Waals surface area (Å²) in [6.07, 6.45) is 12.2. The number of furan rings is 1. The fourth-order valence-electron chi connectivity index (χ4n) is 2.55. The largest absolute Gasteiger partial charge is 0.465 e. The van der Waals surface area contributed by atoms with Crippen LogP contribution in [0, 0.1) is 6.92 Å². The highest BCUT2D eigenvalue weighted by Crippen LogP contribution is 2.22. The Morgan fingerprint density at radius 3 is 2.16 bits per heavy atom. The minimum Gasteiger partial charge on any atom is -0.465 e. The lowest BCUT2D eigenvalue weighted by molar-refractivity contribution is 0.390. The van der Waals surface area contributed by atoms with Crippen LogP contribution in [0.5, 0.6) is 0 Å². The van der Waals surface area contributed by atoms with E-state index in [1.54, 1.807) is 0 Å². The number of nitrogens with one attached hydrogen (secondary N) is 1. The molecule has 0 amide bonds. The van der Waals surface area contributed by atoms with Crippen LogP contribution in [-0.2, 0) is 0 Å². The van der Waals surface area contributed by atoms with Crippen LogP contribution in [0.3, 0.4) is 0 Å². The van der Waals surface area contributed by atoms with E-state index in [0.29, 0.717) is 6.04 Å². The second-order valence-corrected chi connectivity index (χ2v) is 5.55.